The van der Waals surface area contributed by atoms with Gasteiger partial charge in [0.05, 0.1) is 0 Å². The SMILES string of the molecule is CCC(CC)C(Br)CNC(=O)COc1ccccc1. The van der Waals surface area contributed by atoms with E-state index in [2.05, 4.69) is 35.1 Å². The molecule has 1 rings (SSSR count). The molecule has 0 saturated carbocycles. The topological polar surface area (TPSA) is 38.3 Å². The van der Waals surface area contributed by atoms with Gasteiger partial charge in [0, 0.05) is 11.4 Å². The van der Waals surface area contributed by atoms with Crippen LogP contribution in [0.25, 0.3) is 0 Å². The highest BCUT2D eigenvalue weighted by Gasteiger charge is 2.15. The van der Waals surface area contributed by atoms with Gasteiger partial charge >= 0.3 is 0 Å². The molecule has 3 nitrogen and oxygen atoms in total. The van der Waals surface area contributed by atoms with Gasteiger partial charge in [-0.05, 0) is 18.1 Å². The number of ether oxygens (including phenoxy) is 1. The molecule has 1 aromatic rings. The predicted molar refractivity (Wildman–Crippen MR) is 81.7 cm³/mol. The van der Waals surface area contributed by atoms with Crippen molar-refractivity contribution in [3.05, 3.63) is 30.3 Å². The van der Waals surface area contributed by atoms with E-state index in [1.165, 1.54) is 0 Å². The van der Waals surface area contributed by atoms with Crippen molar-refractivity contribution in [3.63, 3.8) is 0 Å². The van der Waals surface area contributed by atoms with Crippen molar-refractivity contribution in [1.82, 2.24) is 5.32 Å². The first-order valence-corrected chi connectivity index (χ1v) is 7.67. The van der Waals surface area contributed by atoms with Crippen LogP contribution < -0.4 is 10.1 Å². The molecule has 0 aliphatic heterocycles. The van der Waals surface area contributed by atoms with Crippen LogP contribution >= 0.6 is 15.9 Å². The van der Waals surface area contributed by atoms with E-state index in [1.807, 2.05) is 30.3 Å². The Kier molecular flexibility index (Phi) is 7.56. The number of carbonyl (C=O) groups is 1. The highest BCUT2D eigenvalue weighted by molar-refractivity contribution is 9.09. The van der Waals surface area contributed by atoms with E-state index in [1.54, 1.807) is 0 Å². The summed E-state index contributed by atoms with van der Waals surface area (Å²) in [5.74, 6) is 1.22. The van der Waals surface area contributed by atoms with E-state index >= 15 is 0 Å². The summed E-state index contributed by atoms with van der Waals surface area (Å²) in [4.78, 5) is 12.0. The number of para-hydroxylation sites is 1. The summed E-state index contributed by atoms with van der Waals surface area (Å²) in [6.07, 6.45) is 2.23. The van der Waals surface area contributed by atoms with Crippen LogP contribution in [0.2, 0.25) is 0 Å². The van der Waals surface area contributed by atoms with Crippen LogP contribution in [0.1, 0.15) is 26.7 Å². The Labute approximate surface area is 123 Å². The van der Waals surface area contributed by atoms with E-state index in [9.17, 15) is 4.79 Å². The van der Waals surface area contributed by atoms with Gasteiger partial charge in [-0.2, -0.15) is 0 Å². The molecular formula is C15H22BrNO2. The molecule has 106 valence electrons. The summed E-state index contributed by atoms with van der Waals surface area (Å²) in [6.45, 7) is 5.04. The lowest BCUT2D eigenvalue weighted by molar-refractivity contribution is -0.123. The summed E-state index contributed by atoms with van der Waals surface area (Å²) in [6, 6.07) is 9.36. The fourth-order valence-electron chi connectivity index (χ4n) is 1.89. The number of benzene rings is 1. The second-order valence-corrected chi connectivity index (χ2v) is 5.67. The van der Waals surface area contributed by atoms with Crippen LogP contribution in [-0.2, 0) is 4.79 Å². The van der Waals surface area contributed by atoms with E-state index in [0.29, 0.717) is 23.0 Å². The first kappa shape index (κ1) is 16.0. The molecule has 19 heavy (non-hydrogen) atoms. The first-order chi connectivity index (χ1) is 9.17. The minimum atomic E-state index is -0.0840. The molecule has 1 N–H and O–H groups in total. The lowest BCUT2D eigenvalue weighted by atomic mass is 9.99. The normalized spacial score (nSPS) is 12.2. The lowest BCUT2D eigenvalue weighted by Crippen LogP contribution is -2.35. The third kappa shape index (κ3) is 6.10. The van der Waals surface area contributed by atoms with Gasteiger partial charge in [-0.15, -0.1) is 0 Å². The molecule has 0 aromatic heterocycles. The first-order valence-electron chi connectivity index (χ1n) is 6.76. The zero-order valence-electron chi connectivity index (χ0n) is 11.6. The van der Waals surface area contributed by atoms with E-state index in [0.717, 1.165) is 12.8 Å². The van der Waals surface area contributed by atoms with Crippen molar-refractivity contribution >= 4 is 21.8 Å². The Balaban J connectivity index is 2.24. The van der Waals surface area contributed by atoms with Crippen LogP contribution in [0.15, 0.2) is 30.3 Å². The summed E-state index contributed by atoms with van der Waals surface area (Å²) in [5, 5.41) is 2.89. The Hall–Kier alpha value is -1.03. The van der Waals surface area contributed by atoms with Crippen molar-refractivity contribution in [1.29, 1.82) is 0 Å². The maximum Gasteiger partial charge on any atom is 0.257 e. The Morgan fingerprint density at radius 2 is 1.89 bits per heavy atom. The van der Waals surface area contributed by atoms with Gasteiger partial charge in [0.15, 0.2) is 6.61 Å². The molecule has 4 heteroatoms. The standard InChI is InChI=1S/C15H22BrNO2/c1-3-12(4-2)14(16)10-17-15(18)11-19-13-8-6-5-7-9-13/h5-9,12,14H,3-4,10-11H2,1-2H3,(H,17,18). The molecule has 0 fully saturated rings. The Morgan fingerprint density at radius 1 is 1.26 bits per heavy atom. The molecule has 1 aromatic carbocycles. The molecule has 1 amide bonds. The monoisotopic (exact) mass is 327 g/mol. The minimum Gasteiger partial charge on any atom is -0.484 e. The predicted octanol–water partition coefficient (Wildman–Crippen LogP) is 3.38. The second kappa shape index (κ2) is 8.97. The summed E-state index contributed by atoms with van der Waals surface area (Å²) < 4.78 is 5.39. The third-order valence-electron chi connectivity index (χ3n) is 3.17. The highest BCUT2D eigenvalue weighted by atomic mass is 79.9. The van der Waals surface area contributed by atoms with E-state index in [-0.39, 0.29) is 12.5 Å². The highest BCUT2D eigenvalue weighted by Crippen LogP contribution is 2.19. The number of hydrogen-bond donors (Lipinski definition) is 1. The van der Waals surface area contributed by atoms with Gasteiger partial charge in [0.2, 0.25) is 0 Å². The van der Waals surface area contributed by atoms with Crippen molar-refractivity contribution in [3.8, 4) is 5.75 Å². The van der Waals surface area contributed by atoms with Gasteiger partial charge < -0.3 is 10.1 Å². The van der Waals surface area contributed by atoms with Gasteiger partial charge in [0.1, 0.15) is 5.75 Å². The second-order valence-electron chi connectivity index (χ2n) is 4.50. The van der Waals surface area contributed by atoms with Crippen LogP contribution in [0.4, 0.5) is 0 Å². The minimum absolute atomic E-state index is 0.0622. The zero-order valence-corrected chi connectivity index (χ0v) is 13.2. The quantitative estimate of drug-likeness (QED) is 0.743. The maximum atomic E-state index is 11.7. The third-order valence-corrected chi connectivity index (χ3v) is 4.24. The van der Waals surface area contributed by atoms with E-state index in [4.69, 9.17) is 4.74 Å². The number of carbonyl (C=O) groups excluding carboxylic acids is 1. The van der Waals surface area contributed by atoms with Crippen molar-refractivity contribution in [2.75, 3.05) is 13.2 Å². The largest absolute Gasteiger partial charge is 0.484 e. The summed E-state index contributed by atoms with van der Waals surface area (Å²) in [5.41, 5.74) is 0. The van der Waals surface area contributed by atoms with Crippen LogP contribution in [0, 0.1) is 5.92 Å². The fourth-order valence-corrected chi connectivity index (χ4v) is 2.80. The number of amides is 1. The van der Waals surface area contributed by atoms with Gasteiger partial charge in [-0.25, -0.2) is 0 Å². The Bertz CT molecular complexity index is 366. The molecule has 0 aliphatic carbocycles. The van der Waals surface area contributed by atoms with E-state index < -0.39 is 0 Å². The average Bonchev–Trinajstić information content (AvgIpc) is 2.45. The lowest BCUT2D eigenvalue weighted by Gasteiger charge is -2.19. The molecular weight excluding hydrogens is 306 g/mol. The van der Waals surface area contributed by atoms with Gasteiger partial charge in [-0.3, -0.25) is 4.79 Å². The number of halogens is 1. The van der Waals surface area contributed by atoms with Crippen LogP contribution in [0.5, 0.6) is 5.75 Å². The number of alkyl halides is 1. The van der Waals surface area contributed by atoms with Gasteiger partial charge in [0.25, 0.3) is 5.91 Å². The molecule has 1 atom stereocenters. The smallest absolute Gasteiger partial charge is 0.257 e. The van der Waals surface area contributed by atoms with Crippen LogP contribution in [0.3, 0.4) is 0 Å². The van der Waals surface area contributed by atoms with Gasteiger partial charge in [-0.1, -0.05) is 60.8 Å². The van der Waals surface area contributed by atoms with Crippen molar-refractivity contribution in [2.24, 2.45) is 5.92 Å². The maximum absolute atomic E-state index is 11.7. The number of nitrogens with one attached hydrogen (secondary N) is 1. The molecule has 0 saturated heterocycles. The Morgan fingerprint density at radius 3 is 2.47 bits per heavy atom. The summed E-state index contributed by atoms with van der Waals surface area (Å²) >= 11 is 3.63. The molecule has 0 radical (unpaired) electrons. The number of rotatable bonds is 8. The molecule has 1 unspecified atom stereocenters. The number of hydrogen-bond acceptors (Lipinski definition) is 2. The fraction of sp³-hybridized carbons (Fsp3) is 0.533. The molecule has 0 aliphatic rings. The summed E-state index contributed by atoms with van der Waals surface area (Å²) in [7, 11) is 0. The van der Waals surface area contributed by atoms with Crippen molar-refractivity contribution < 1.29 is 9.53 Å². The van der Waals surface area contributed by atoms with Crippen molar-refractivity contribution in [2.45, 2.75) is 31.5 Å². The molecule has 0 bridgehead atoms. The average molecular weight is 328 g/mol. The van der Waals surface area contributed by atoms with Crippen LogP contribution in [-0.4, -0.2) is 23.9 Å². The molecule has 0 spiro atoms. The zero-order chi connectivity index (χ0) is 14.1. The molecule has 0 heterocycles.